The fourth-order valence-electron chi connectivity index (χ4n) is 4.73. The average Bonchev–Trinajstić information content (AvgIpc) is 3.24. The first-order valence-corrected chi connectivity index (χ1v) is 12.2. The van der Waals surface area contributed by atoms with Gasteiger partial charge in [0.1, 0.15) is 0 Å². The summed E-state index contributed by atoms with van der Waals surface area (Å²) in [6.07, 6.45) is 5.26. The van der Waals surface area contributed by atoms with Gasteiger partial charge in [-0.25, -0.2) is 8.42 Å². The molecule has 2 aromatic rings. The van der Waals surface area contributed by atoms with E-state index in [0.717, 1.165) is 23.2 Å². The maximum atomic E-state index is 13.1. The first-order valence-electron chi connectivity index (χ1n) is 10.0. The van der Waals surface area contributed by atoms with E-state index < -0.39 is 10.0 Å². The second-order valence-corrected chi connectivity index (χ2v) is 10.7. The summed E-state index contributed by atoms with van der Waals surface area (Å²) >= 11 is 12.6. The fraction of sp³-hybridized carbons (Fsp3) is 0.364. The summed E-state index contributed by atoms with van der Waals surface area (Å²) in [5.74, 6) is 0.398. The number of fused-ring (bicyclic) bond motifs is 3. The number of nitrogens with zero attached hydrogens (tertiary/aromatic N) is 1. The van der Waals surface area contributed by atoms with Gasteiger partial charge in [0.2, 0.25) is 10.0 Å². The molecule has 3 unspecified atom stereocenters. The molecule has 2 heterocycles. The highest BCUT2D eigenvalue weighted by atomic mass is 35.5. The number of hydrogen-bond acceptors (Lipinski definition) is 4. The summed E-state index contributed by atoms with van der Waals surface area (Å²) in [6.45, 7) is 1.65. The van der Waals surface area contributed by atoms with E-state index in [-0.39, 0.29) is 17.9 Å². The molecule has 3 atom stereocenters. The summed E-state index contributed by atoms with van der Waals surface area (Å²) in [5, 5.41) is 4.86. The minimum atomic E-state index is -3.54. The fourth-order valence-corrected chi connectivity index (χ4v) is 6.70. The van der Waals surface area contributed by atoms with Crippen LogP contribution in [0.2, 0.25) is 10.0 Å². The van der Waals surface area contributed by atoms with Gasteiger partial charge in [-0.05, 0) is 53.8 Å². The third kappa shape index (κ3) is 3.45. The van der Waals surface area contributed by atoms with Crippen LogP contribution in [0, 0.1) is 5.92 Å². The number of benzene rings is 2. The van der Waals surface area contributed by atoms with E-state index in [0.29, 0.717) is 41.2 Å². The number of hydrogen-bond donors (Lipinski definition) is 1. The lowest BCUT2D eigenvalue weighted by Gasteiger charge is -2.38. The maximum Gasteiger partial charge on any atom is 0.243 e. The van der Waals surface area contributed by atoms with E-state index in [4.69, 9.17) is 27.9 Å². The van der Waals surface area contributed by atoms with Crippen LogP contribution in [-0.4, -0.2) is 39.0 Å². The number of sulfonamides is 1. The molecular formula is C22H22Cl2N2O3S. The topological polar surface area (TPSA) is 58.6 Å². The van der Waals surface area contributed by atoms with Crippen molar-refractivity contribution >= 4 is 38.9 Å². The van der Waals surface area contributed by atoms with Crippen molar-refractivity contribution in [3.05, 3.63) is 69.7 Å². The maximum absolute atomic E-state index is 13.1. The molecule has 5 rings (SSSR count). The molecule has 0 bridgehead atoms. The Hall–Kier alpha value is -1.57. The zero-order chi connectivity index (χ0) is 20.9. The molecule has 5 nitrogen and oxygen atoms in total. The Balaban J connectivity index is 1.52. The van der Waals surface area contributed by atoms with E-state index in [1.54, 1.807) is 12.1 Å². The number of anilines is 1. The van der Waals surface area contributed by atoms with Crippen LogP contribution in [-0.2, 0) is 14.8 Å². The standard InChI is InChI=1S/C22H22Cl2N2O3S/c23-14-4-6-18(20(24)12-14)22-17-3-1-2-16(17)19-13-15(5-7-21(19)25-22)30(27,28)26-8-10-29-11-9-26/h1-2,4-7,12-13,16-17,22,25H,3,8-11H2. The van der Waals surface area contributed by atoms with E-state index in [1.807, 2.05) is 24.3 Å². The summed E-state index contributed by atoms with van der Waals surface area (Å²) in [6, 6.07) is 11.0. The Morgan fingerprint density at radius 1 is 1.03 bits per heavy atom. The highest BCUT2D eigenvalue weighted by molar-refractivity contribution is 7.89. The normalized spacial score (nSPS) is 26.1. The lowest BCUT2D eigenvalue weighted by atomic mass is 9.77. The third-order valence-electron chi connectivity index (χ3n) is 6.24. The molecule has 0 aromatic heterocycles. The van der Waals surface area contributed by atoms with Gasteiger partial charge in [0.15, 0.2) is 0 Å². The Bertz CT molecular complexity index is 1110. The number of rotatable bonds is 3. The summed E-state index contributed by atoms with van der Waals surface area (Å²) in [4.78, 5) is 0.340. The first-order chi connectivity index (χ1) is 14.4. The Labute approximate surface area is 186 Å². The quantitative estimate of drug-likeness (QED) is 0.660. The van der Waals surface area contributed by atoms with E-state index >= 15 is 0 Å². The molecule has 2 aliphatic heterocycles. The number of morpholine rings is 1. The van der Waals surface area contributed by atoms with Crippen molar-refractivity contribution in [2.75, 3.05) is 31.6 Å². The van der Waals surface area contributed by atoms with Gasteiger partial charge in [-0.1, -0.05) is 41.4 Å². The van der Waals surface area contributed by atoms with Gasteiger partial charge in [0.05, 0.1) is 24.2 Å². The van der Waals surface area contributed by atoms with Gasteiger partial charge >= 0.3 is 0 Å². The minimum absolute atomic E-state index is 0.0315. The second-order valence-electron chi connectivity index (χ2n) is 7.91. The Morgan fingerprint density at radius 3 is 2.60 bits per heavy atom. The van der Waals surface area contributed by atoms with Crippen LogP contribution in [0.3, 0.4) is 0 Å². The molecule has 158 valence electrons. The van der Waals surface area contributed by atoms with Crippen molar-refractivity contribution in [3.8, 4) is 0 Å². The molecule has 1 fully saturated rings. The number of halogens is 2. The van der Waals surface area contributed by atoms with Crippen LogP contribution in [0.5, 0.6) is 0 Å². The van der Waals surface area contributed by atoms with Crippen LogP contribution in [0.1, 0.15) is 29.5 Å². The lowest BCUT2D eigenvalue weighted by molar-refractivity contribution is 0.0730. The molecule has 1 aliphatic carbocycles. The Morgan fingerprint density at radius 2 is 1.83 bits per heavy atom. The first kappa shape index (κ1) is 20.3. The number of nitrogens with one attached hydrogen (secondary N) is 1. The molecule has 8 heteroatoms. The smallest absolute Gasteiger partial charge is 0.243 e. The zero-order valence-electron chi connectivity index (χ0n) is 16.2. The van der Waals surface area contributed by atoms with Crippen LogP contribution < -0.4 is 5.32 Å². The molecule has 30 heavy (non-hydrogen) atoms. The van der Waals surface area contributed by atoms with Gasteiger partial charge < -0.3 is 10.1 Å². The van der Waals surface area contributed by atoms with E-state index in [9.17, 15) is 8.42 Å². The number of allylic oxidation sites excluding steroid dienone is 2. The Kier molecular flexibility index (Phi) is 5.32. The molecule has 3 aliphatic rings. The molecule has 1 saturated heterocycles. The van der Waals surface area contributed by atoms with Gasteiger partial charge in [0, 0.05) is 34.7 Å². The molecule has 0 spiro atoms. The van der Waals surface area contributed by atoms with Crippen LogP contribution in [0.15, 0.2) is 53.4 Å². The summed E-state index contributed by atoms with van der Waals surface area (Å²) in [7, 11) is -3.54. The van der Waals surface area contributed by atoms with Crippen LogP contribution in [0.4, 0.5) is 5.69 Å². The van der Waals surface area contributed by atoms with Gasteiger partial charge in [-0.3, -0.25) is 0 Å². The highest BCUT2D eigenvalue weighted by Crippen LogP contribution is 2.51. The third-order valence-corrected chi connectivity index (χ3v) is 8.70. The molecule has 0 saturated carbocycles. The molecule has 0 radical (unpaired) electrons. The van der Waals surface area contributed by atoms with Gasteiger partial charge in [-0.2, -0.15) is 4.31 Å². The predicted octanol–water partition coefficient (Wildman–Crippen LogP) is 4.84. The summed E-state index contributed by atoms with van der Waals surface area (Å²) < 4.78 is 33.1. The van der Waals surface area contributed by atoms with Crippen molar-refractivity contribution in [1.29, 1.82) is 0 Å². The lowest BCUT2D eigenvalue weighted by Crippen LogP contribution is -2.40. The van der Waals surface area contributed by atoms with Crippen molar-refractivity contribution in [1.82, 2.24) is 4.31 Å². The SMILES string of the molecule is O=S(=O)(c1ccc2c(c1)C1C=CCC1C(c1ccc(Cl)cc1Cl)N2)N1CCOCC1. The van der Waals surface area contributed by atoms with Crippen molar-refractivity contribution in [3.63, 3.8) is 0 Å². The van der Waals surface area contributed by atoms with E-state index in [2.05, 4.69) is 17.5 Å². The van der Waals surface area contributed by atoms with Crippen LogP contribution in [0.25, 0.3) is 0 Å². The van der Waals surface area contributed by atoms with E-state index in [1.165, 1.54) is 4.31 Å². The average molecular weight is 465 g/mol. The molecular weight excluding hydrogens is 443 g/mol. The molecule has 2 aromatic carbocycles. The second kappa shape index (κ2) is 7.84. The van der Waals surface area contributed by atoms with Gasteiger partial charge in [0.25, 0.3) is 0 Å². The van der Waals surface area contributed by atoms with Crippen LogP contribution >= 0.6 is 23.2 Å². The number of ether oxygens (including phenoxy) is 1. The van der Waals surface area contributed by atoms with Crippen molar-refractivity contribution in [2.24, 2.45) is 5.92 Å². The zero-order valence-corrected chi connectivity index (χ0v) is 18.6. The van der Waals surface area contributed by atoms with Crippen molar-refractivity contribution < 1.29 is 13.2 Å². The van der Waals surface area contributed by atoms with Gasteiger partial charge in [-0.15, -0.1) is 0 Å². The minimum Gasteiger partial charge on any atom is -0.379 e. The predicted molar refractivity (Wildman–Crippen MR) is 119 cm³/mol. The van der Waals surface area contributed by atoms with Crippen molar-refractivity contribution in [2.45, 2.75) is 23.3 Å². The molecule has 0 amide bonds. The monoisotopic (exact) mass is 464 g/mol. The summed E-state index contributed by atoms with van der Waals surface area (Å²) in [5.41, 5.74) is 2.97. The largest absolute Gasteiger partial charge is 0.379 e. The molecule has 1 N–H and O–H groups in total. The highest BCUT2D eigenvalue weighted by Gasteiger charge is 2.39.